The number of fused-ring (bicyclic) bond motifs is 1. The minimum absolute atomic E-state index is 0.226. The first-order valence-electron chi connectivity index (χ1n) is 10.3. The Balaban J connectivity index is 1.58. The van der Waals surface area contributed by atoms with E-state index in [0.717, 1.165) is 38.0 Å². The van der Waals surface area contributed by atoms with Crippen molar-refractivity contribution in [1.82, 2.24) is 24.4 Å². The summed E-state index contributed by atoms with van der Waals surface area (Å²) in [5, 5.41) is 0.293. The monoisotopic (exact) mass is 413 g/mol. The highest BCUT2D eigenvalue weighted by atomic mass is 32.2. The van der Waals surface area contributed by atoms with Gasteiger partial charge in [-0.3, -0.25) is 9.47 Å². The zero-order valence-electron chi connectivity index (χ0n) is 16.8. The third kappa shape index (κ3) is 4.71. The molecular formula is C21H27N5O2S. The van der Waals surface area contributed by atoms with Crippen molar-refractivity contribution >= 4 is 22.3 Å². The van der Waals surface area contributed by atoms with E-state index in [0.29, 0.717) is 28.6 Å². The predicted molar refractivity (Wildman–Crippen MR) is 114 cm³/mol. The Morgan fingerprint density at radius 3 is 2.72 bits per heavy atom. The number of benzene rings is 1. The molecule has 1 N–H and O–H groups in total. The first kappa shape index (κ1) is 20.1. The van der Waals surface area contributed by atoms with Gasteiger partial charge in [-0.05, 0) is 43.5 Å². The summed E-state index contributed by atoms with van der Waals surface area (Å²) in [6.07, 6.45) is 5.93. The minimum atomic E-state index is -1.25. The Labute approximate surface area is 173 Å². The molecule has 7 nitrogen and oxygen atoms in total. The molecule has 1 aliphatic rings. The molecule has 3 aromatic rings. The van der Waals surface area contributed by atoms with Gasteiger partial charge < -0.3 is 9.54 Å². The molecule has 8 heteroatoms. The van der Waals surface area contributed by atoms with Gasteiger partial charge in [-0.2, -0.15) is 9.97 Å². The molecule has 1 saturated heterocycles. The predicted octanol–water partition coefficient (Wildman–Crippen LogP) is 2.67. The van der Waals surface area contributed by atoms with Crippen LogP contribution in [0.5, 0.6) is 0 Å². The van der Waals surface area contributed by atoms with Crippen molar-refractivity contribution < 1.29 is 4.55 Å². The Hall–Kier alpha value is -2.16. The normalized spacial score (nSPS) is 15.9. The van der Waals surface area contributed by atoms with Crippen molar-refractivity contribution in [1.29, 1.82) is 0 Å². The van der Waals surface area contributed by atoms with Gasteiger partial charge in [-0.15, -0.1) is 0 Å². The van der Waals surface area contributed by atoms with E-state index in [4.69, 9.17) is 0 Å². The number of hydrogen-bond donors (Lipinski definition) is 1. The van der Waals surface area contributed by atoms with Crippen molar-refractivity contribution in [3.8, 4) is 0 Å². The van der Waals surface area contributed by atoms with Gasteiger partial charge in [0.2, 0.25) is 0 Å². The van der Waals surface area contributed by atoms with E-state index in [1.807, 2.05) is 12.1 Å². The van der Waals surface area contributed by atoms with Gasteiger partial charge in [-0.1, -0.05) is 37.6 Å². The number of aromatic nitrogens is 4. The average Bonchev–Trinajstić information content (AvgIpc) is 3.34. The molecule has 29 heavy (non-hydrogen) atoms. The Morgan fingerprint density at radius 2 is 1.97 bits per heavy atom. The van der Waals surface area contributed by atoms with Crippen LogP contribution in [0.3, 0.4) is 0 Å². The lowest BCUT2D eigenvalue weighted by atomic mass is 10.1. The van der Waals surface area contributed by atoms with Crippen LogP contribution in [0.25, 0.3) is 11.2 Å². The van der Waals surface area contributed by atoms with E-state index < -0.39 is 11.2 Å². The maximum Gasteiger partial charge on any atom is 0.344 e. The van der Waals surface area contributed by atoms with E-state index in [9.17, 15) is 9.35 Å². The summed E-state index contributed by atoms with van der Waals surface area (Å²) in [4.78, 5) is 26.4. The standard InChI is InChI=1S/C21H27N5O2S/c1-2-3-11-29(28)20-22-13-18-19(24-20)26(21(27)23-18)15-17-8-6-7-16(12-17)14-25-9-4-5-10-25/h6-8,12-13H,2-5,9-11,14-15H2,1H3,(H,23,27). The van der Waals surface area contributed by atoms with Crippen LogP contribution in [-0.2, 0) is 24.3 Å². The number of unbranched alkanes of at least 4 members (excludes halogenated alkanes) is 1. The Kier molecular flexibility index (Phi) is 6.32. The summed E-state index contributed by atoms with van der Waals surface area (Å²) in [7, 11) is 0. The Bertz CT molecular complexity index is 1030. The molecule has 1 aliphatic heterocycles. The third-order valence-corrected chi connectivity index (χ3v) is 6.58. The van der Waals surface area contributed by atoms with E-state index in [2.05, 4.69) is 38.9 Å². The maximum atomic E-state index is 12.5. The number of rotatable bonds is 8. The van der Waals surface area contributed by atoms with Crippen LogP contribution in [0.1, 0.15) is 43.7 Å². The number of likely N-dealkylation sites (tertiary alicyclic amines) is 1. The van der Waals surface area contributed by atoms with Crippen molar-refractivity contribution in [2.24, 2.45) is 0 Å². The summed E-state index contributed by atoms with van der Waals surface area (Å²) in [5.74, 6) is 0.537. The van der Waals surface area contributed by atoms with Gasteiger partial charge in [-0.25, -0.2) is 4.79 Å². The maximum absolute atomic E-state index is 12.5. The number of aromatic amines is 1. The molecule has 0 aliphatic carbocycles. The number of nitrogens with zero attached hydrogens (tertiary/aromatic N) is 4. The summed E-state index contributed by atoms with van der Waals surface area (Å²) in [5.41, 5.74) is 3.16. The van der Waals surface area contributed by atoms with Crippen LogP contribution >= 0.6 is 0 Å². The molecule has 3 heterocycles. The van der Waals surface area contributed by atoms with Gasteiger partial charge in [0.15, 0.2) is 5.65 Å². The molecule has 0 bridgehead atoms. The fourth-order valence-electron chi connectivity index (χ4n) is 3.76. The van der Waals surface area contributed by atoms with Gasteiger partial charge in [0.25, 0.3) is 0 Å². The Morgan fingerprint density at radius 1 is 1.21 bits per heavy atom. The fraction of sp³-hybridized carbons (Fsp3) is 0.476. The lowest BCUT2D eigenvalue weighted by molar-refractivity contribution is 0.331. The molecule has 1 unspecified atom stereocenters. The molecule has 4 rings (SSSR count). The molecule has 0 saturated carbocycles. The SMILES string of the molecule is CCCC[S+]([O-])c1ncc2[nH]c(=O)n(Cc3cccc(CN4CCCC4)c3)c2n1. The van der Waals surface area contributed by atoms with Gasteiger partial charge in [0, 0.05) is 17.7 Å². The highest BCUT2D eigenvalue weighted by Crippen LogP contribution is 2.16. The molecule has 0 radical (unpaired) electrons. The molecule has 1 fully saturated rings. The second kappa shape index (κ2) is 9.11. The van der Waals surface area contributed by atoms with Crippen LogP contribution in [0.15, 0.2) is 40.4 Å². The molecule has 154 valence electrons. The van der Waals surface area contributed by atoms with Crippen molar-refractivity contribution in [2.75, 3.05) is 18.8 Å². The van der Waals surface area contributed by atoms with E-state index in [-0.39, 0.29) is 5.69 Å². The second-order valence-electron chi connectivity index (χ2n) is 7.61. The third-order valence-electron chi connectivity index (χ3n) is 5.31. The number of nitrogens with one attached hydrogen (secondary N) is 1. The van der Waals surface area contributed by atoms with E-state index >= 15 is 0 Å². The molecule has 0 spiro atoms. The highest BCUT2D eigenvalue weighted by Gasteiger charge is 2.18. The smallest absolute Gasteiger partial charge is 0.344 e. The number of hydrogen-bond acceptors (Lipinski definition) is 5. The first-order valence-corrected chi connectivity index (χ1v) is 11.6. The van der Waals surface area contributed by atoms with Crippen molar-refractivity contribution in [2.45, 2.75) is 50.9 Å². The lowest BCUT2D eigenvalue weighted by Gasteiger charge is -2.15. The van der Waals surface area contributed by atoms with Crippen molar-refractivity contribution in [3.63, 3.8) is 0 Å². The number of imidazole rings is 1. The molecule has 0 amide bonds. The molecule has 2 aromatic heterocycles. The fourth-order valence-corrected chi connectivity index (χ4v) is 4.85. The first-order chi connectivity index (χ1) is 14.1. The molecule has 1 aromatic carbocycles. The van der Waals surface area contributed by atoms with Crippen LogP contribution in [-0.4, -0.2) is 47.8 Å². The van der Waals surface area contributed by atoms with E-state index in [1.165, 1.54) is 18.4 Å². The summed E-state index contributed by atoms with van der Waals surface area (Å²) >= 11 is -1.25. The average molecular weight is 414 g/mol. The lowest BCUT2D eigenvalue weighted by Crippen LogP contribution is -2.20. The minimum Gasteiger partial charge on any atom is -0.609 e. The largest absolute Gasteiger partial charge is 0.609 e. The van der Waals surface area contributed by atoms with Gasteiger partial charge in [0.05, 0.1) is 12.7 Å². The quantitative estimate of drug-likeness (QED) is 0.453. The van der Waals surface area contributed by atoms with E-state index in [1.54, 1.807) is 10.8 Å². The zero-order chi connectivity index (χ0) is 20.2. The van der Waals surface area contributed by atoms with Gasteiger partial charge >= 0.3 is 10.8 Å². The van der Waals surface area contributed by atoms with Crippen LogP contribution in [0, 0.1) is 0 Å². The molecular weight excluding hydrogens is 386 g/mol. The summed E-state index contributed by atoms with van der Waals surface area (Å²) in [6.45, 7) is 5.73. The summed E-state index contributed by atoms with van der Waals surface area (Å²) < 4.78 is 14.0. The number of H-pyrrole nitrogens is 1. The highest BCUT2D eigenvalue weighted by molar-refractivity contribution is 7.91. The van der Waals surface area contributed by atoms with Crippen LogP contribution in [0.2, 0.25) is 0 Å². The topological polar surface area (TPSA) is 89.9 Å². The van der Waals surface area contributed by atoms with Crippen LogP contribution in [0.4, 0.5) is 0 Å². The van der Waals surface area contributed by atoms with Crippen molar-refractivity contribution in [3.05, 3.63) is 52.1 Å². The van der Waals surface area contributed by atoms with Crippen LogP contribution < -0.4 is 5.69 Å². The molecule has 1 atom stereocenters. The zero-order valence-corrected chi connectivity index (χ0v) is 17.6. The van der Waals surface area contributed by atoms with Gasteiger partial charge in [0.1, 0.15) is 11.3 Å². The second-order valence-corrected chi connectivity index (χ2v) is 9.08. The summed E-state index contributed by atoms with van der Waals surface area (Å²) in [6, 6.07) is 8.36.